The van der Waals surface area contributed by atoms with Gasteiger partial charge in [0.25, 0.3) is 5.69 Å². The summed E-state index contributed by atoms with van der Waals surface area (Å²) in [7, 11) is 0. The van der Waals surface area contributed by atoms with Crippen molar-refractivity contribution in [3.05, 3.63) is 39.9 Å². The van der Waals surface area contributed by atoms with E-state index in [0.717, 1.165) is 25.7 Å². The molecule has 0 bridgehead atoms. The number of nitrogens with two attached hydrogens (primary N) is 1. The molecule has 1 aromatic carbocycles. The van der Waals surface area contributed by atoms with Crippen LogP contribution in [0, 0.1) is 10.1 Å². The van der Waals surface area contributed by atoms with Crippen LogP contribution in [0.5, 0.6) is 0 Å². The molecule has 136 valence electrons. The Kier molecular flexibility index (Phi) is 8.98. The van der Waals surface area contributed by atoms with Gasteiger partial charge in [-0.25, -0.2) is 0 Å². The molecular weight excluding hydrogens is 300 g/mol. The van der Waals surface area contributed by atoms with Crippen LogP contribution in [0.25, 0.3) is 0 Å². The van der Waals surface area contributed by atoms with Crippen LogP contribution in [0.3, 0.4) is 0 Å². The number of hydrogen-bond acceptors (Lipinski definition) is 3. The highest BCUT2D eigenvalue weighted by Gasteiger charge is 2.30. The molecule has 4 nitrogen and oxygen atoms in total. The Hall–Kier alpha value is -1.42. The van der Waals surface area contributed by atoms with Crippen molar-refractivity contribution < 1.29 is 4.92 Å². The van der Waals surface area contributed by atoms with E-state index in [9.17, 15) is 10.1 Å². The third-order valence-corrected chi connectivity index (χ3v) is 5.20. The maximum absolute atomic E-state index is 10.9. The molecule has 0 aliphatic heterocycles. The SMILES string of the molecule is CCCCCCCC(CC)(CCC(C)N)c1ccc([N+](=O)[O-])cc1. The lowest BCUT2D eigenvalue weighted by Crippen LogP contribution is -2.28. The lowest BCUT2D eigenvalue weighted by atomic mass is 9.70. The summed E-state index contributed by atoms with van der Waals surface area (Å²) >= 11 is 0. The van der Waals surface area contributed by atoms with E-state index in [1.54, 1.807) is 12.1 Å². The monoisotopic (exact) mass is 334 g/mol. The summed E-state index contributed by atoms with van der Waals surface area (Å²) in [4.78, 5) is 10.6. The number of rotatable bonds is 12. The Morgan fingerprint density at radius 3 is 2.21 bits per heavy atom. The summed E-state index contributed by atoms with van der Waals surface area (Å²) in [5, 5.41) is 10.9. The predicted octanol–water partition coefficient (Wildman–Crippen LogP) is 5.73. The van der Waals surface area contributed by atoms with Gasteiger partial charge in [0.2, 0.25) is 0 Å². The van der Waals surface area contributed by atoms with Gasteiger partial charge in [-0.3, -0.25) is 10.1 Å². The zero-order valence-corrected chi connectivity index (χ0v) is 15.6. The van der Waals surface area contributed by atoms with Crippen molar-refractivity contribution in [2.24, 2.45) is 5.73 Å². The molecule has 0 spiro atoms. The van der Waals surface area contributed by atoms with E-state index in [1.165, 1.54) is 37.7 Å². The summed E-state index contributed by atoms with van der Waals surface area (Å²) in [5.41, 5.74) is 7.49. The quantitative estimate of drug-likeness (QED) is 0.301. The number of nitro benzene ring substituents is 1. The van der Waals surface area contributed by atoms with Gasteiger partial charge in [-0.2, -0.15) is 0 Å². The Morgan fingerprint density at radius 2 is 1.71 bits per heavy atom. The normalized spacial score (nSPS) is 15.0. The molecule has 0 saturated heterocycles. The van der Waals surface area contributed by atoms with Crippen LogP contribution in [-0.2, 0) is 5.41 Å². The molecule has 0 heterocycles. The molecule has 2 N–H and O–H groups in total. The maximum Gasteiger partial charge on any atom is 0.269 e. The van der Waals surface area contributed by atoms with E-state index in [2.05, 4.69) is 20.8 Å². The van der Waals surface area contributed by atoms with Crippen molar-refractivity contribution >= 4 is 5.69 Å². The average Bonchev–Trinajstić information content (AvgIpc) is 2.57. The number of nitrogens with zero attached hydrogens (tertiary/aromatic N) is 1. The van der Waals surface area contributed by atoms with Gasteiger partial charge in [-0.15, -0.1) is 0 Å². The van der Waals surface area contributed by atoms with Crippen molar-refractivity contribution in [1.82, 2.24) is 0 Å². The second-order valence-electron chi connectivity index (χ2n) is 7.12. The Labute approximate surface area is 147 Å². The van der Waals surface area contributed by atoms with Crippen LogP contribution in [-0.4, -0.2) is 11.0 Å². The van der Waals surface area contributed by atoms with Crippen molar-refractivity contribution in [3.8, 4) is 0 Å². The second-order valence-corrected chi connectivity index (χ2v) is 7.12. The van der Waals surface area contributed by atoms with E-state index < -0.39 is 0 Å². The molecule has 1 aromatic rings. The zero-order chi connectivity index (χ0) is 18.0. The highest BCUT2D eigenvalue weighted by Crippen LogP contribution is 2.39. The first-order valence-corrected chi connectivity index (χ1v) is 9.45. The summed E-state index contributed by atoms with van der Waals surface area (Å²) in [6.45, 7) is 6.52. The van der Waals surface area contributed by atoms with E-state index >= 15 is 0 Å². The largest absolute Gasteiger partial charge is 0.328 e. The molecule has 4 heteroatoms. The molecule has 0 aromatic heterocycles. The fraction of sp³-hybridized carbons (Fsp3) is 0.700. The fourth-order valence-corrected chi connectivity index (χ4v) is 3.48. The van der Waals surface area contributed by atoms with Crippen LogP contribution in [0.1, 0.15) is 84.1 Å². The number of unbranched alkanes of at least 4 members (excludes halogenated alkanes) is 4. The fourth-order valence-electron chi connectivity index (χ4n) is 3.48. The first-order valence-electron chi connectivity index (χ1n) is 9.45. The lowest BCUT2D eigenvalue weighted by Gasteiger charge is -2.34. The molecular formula is C20H34N2O2. The van der Waals surface area contributed by atoms with Crippen LogP contribution >= 0.6 is 0 Å². The van der Waals surface area contributed by atoms with Crippen molar-refractivity contribution in [3.63, 3.8) is 0 Å². The van der Waals surface area contributed by atoms with E-state index in [1.807, 2.05) is 12.1 Å². The minimum Gasteiger partial charge on any atom is -0.328 e. The Morgan fingerprint density at radius 1 is 1.08 bits per heavy atom. The van der Waals surface area contributed by atoms with Crippen LogP contribution in [0.2, 0.25) is 0 Å². The van der Waals surface area contributed by atoms with Crippen molar-refractivity contribution in [2.45, 2.75) is 90.0 Å². The molecule has 24 heavy (non-hydrogen) atoms. The highest BCUT2D eigenvalue weighted by molar-refractivity contribution is 5.36. The number of non-ortho nitro benzene ring substituents is 1. The first kappa shape index (κ1) is 20.6. The highest BCUT2D eigenvalue weighted by atomic mass is 16.6. The zero-order valence-electron chi connectivity index (χ0n) is 15.6. The molecule has 2 unspecified atom stereocenters. The molecule has 0 radical (unpaired) electrons. The lowest BCUT2D eigenvalue weighted by molar-refractivity contribution is -0.384. The smallest absolute Gasteiger partial charge is 0.269 e. The Bertz CT molecular complexity index is 485. The predicted molar refractivity (Wildman–Crippen MR) is 101 cm³/mol. The van der Waals surface area contributed by atoms with E-state index in [4.69, 9.17) is 5.73 Å². The molecule has 1 rings (SSSR count). The summed E-state index contributed by atoms with van der Waals surface area (Å²) in [5.74, 6) is 0. The van der Waals surface area contributed by atoms with Crippen LogP contribution in [0.15, 0.2) is 24.3 Å². The van der Waals surface area contributed by atoms with Gasteiger partial charge in [-0.05, 0) is 43.6 Å². The standard InChI is InChI=1S/C20H34N2O2/c1-4-6-7-8-9-15-20(5-2,16-14-17(3)21)18-10-12-19(13-11-18)22(23)24/h10-13,17H,4-9,14-16,21H2,1-3H3. The third kappa shape index (κ3) is 6.23. The number of benzene rings is 1. The number of nitro groups is 1. The molecule has 2 atom stereocenters. The number of hydrogen-bond donors (Lipinski definition) is 1. The van der Waals surface area contributed by atoms with Gasteiger partial charge in [0.1, 0.15) is 0 Å². The molecule has 0 aliphatic rings. The van der Waals surface area contributed by atoms with Gasteiger partial charge >= 0.3 is 0 Å². The summed E-state index contributed by atoms with van der Waals surface area (Å²) < 4.78 is 0. The average molecular weight is 335 g/mol. The van der Waals surface area contributed by atoms with Gasteiger partial charge in [0.05, 0.1) is 4.92 Å². The molecule has 0 aliphatic carbocycles. The van der Waals surface area contributed by atoms with E-state index in [0.29, 0.717) is 0 Å². The summed E-state index contributed by atoms with van der Waals surface area (Å²) in [6.07, 6.45) is 10.5. The van der Waals surface area contributed by atoms with Crippen LogP contribution < -0.4 is 5.73 Å². The summed E-state index contributed by atoms with van der Waals surface area (Å²) in [6, 6.07) is 7.38. The molecule has 0 amide bonds. The van der Waals surface area contributed by atoms with Gasteiger partial charge in [-0.1, -0.05) is 58.1 Å². The van der Waals surface area contributed by atoms with Gasteiger partial charge < -0.3 is 5.73 Å². The first-order chi connectivity index (χ1) is 11.4. The van der Waals surface area contributed by atoms with Gasteiger partial charge in [0.15, 0.2) is 0 Å². The third-order valence-electron chi connectivity index (χ3n) is 5.20. The Balaban J connectivity index is 2.90. The van der Waals surface area contributed by atoms with E-state index in [-0.39, 0.29) is 22.1 Å². The minimum atomic E-state index is -0.329. The van der Waals surface area contributed by atoms with Gasteiger partial charge in [0, 0.05) is 18.2 Å². The second kappa shape index (κ2) is 10.4. The topological polar surface area (TPSA) is 69.2 Å². The maximum atomic E-state index is 10.9. The van der Waals surface area contributed by atoms with Crippen molar-refractivity contribution in [1.29, 1.82) is 0 Å². The molecule has 0 saturated carbocycles. The van der Waals surface area contributed by atoms with Crippen molar-refractivity contribution in [2.75, 3.05) is 0 Å². The molecule has 0 fully saturated rings. The van der Waals surface area contributed by atoms with Crippen LogP contribution in [0.4, 0.5) is 5.69 Å². The minimum absolute atomic E-state index is 0.0922.